The van der Waals surface area contributed by atoms with E-state index in [1.165, 1.54) is 24.3 Å². The molecular formula is C18H14ClF3O3. The first-order chi connectivity index (χ1) is 11.7. The van der Waals surface area contributed by atoms with Crippen LogP contribution in [0.25, 0.3) is 0 Å². The smallest absolute Gasteiger partial charge is 0.416 e. The van der Waals surface area contributed by atoms with Gasteiger partial charge in [0.15, 0.2) is 0 Å². The Bertz CT molecular complexity index is 738. The lowest BCUT2D eigenvalue weighted by Crippen LogP contribution is -2.08. The monoisotopic (exact) mass is 370 g/mol. The number of rotatable bonds is 6. The number of halogens is 4. The van der Waals surface area contributed by atoms with Gasteiger partial charge in [0.05, 0.1) is 5.56 Å². The molecule has 2 aromatic carbocycles. The van der Waals surface area contributed by atoms with Gasteiger partial charge in [0.1, 0.15) is 23.4 Å². The molecule has 0 saturated heterocycles. The van der Waals surface area contributed by atoms with Crippen molar-refractivity contribution in [2.24, 2.45) is 0 Å². The molecule has 2 rings (SSSR count). The van der Waals surface area contributed by atoms with Gasteiger partial charge in [-0.1, -0.05) is 0 Å². The van der Waals surface area contributed by atoms with Crippen LogP contribution in [0.4, 0.5) is 13.2 Å². The second kappa shape index (κ2) is 8.07. The molecule has 7 heteroatoms. The van der Waals surface area contributed by atoms with E-state index in [1.807, 2.05) is 0 Å². The summed E-state index contributed by atoms with van der Waals surface area (Å²) < 4.78 is 48.6. The van der Waals surface area contributed by atoms with Crippen LogP contribution in [0.1, 0.15) is 12.5 Å². The Morgan fingerprint density at radius 3 is 1.96 bits per heavy atom. The van der Waals surface area contributed by atoms with Crippen LogP contribution in [0.2, 0.25) is 0 Å². The van der Waals surface area contributed by atoms with Gasteiger partial charge in [-0.2, -0.15) is 13.2 Å². The average molecular weight is 371 g/mol. The number of hydrogen-bond acceptors (Lipinski definition) is 3. The third kappa shape index (κ3) is 6.15. The Balaban J connectivity index is 1.97. The van der Waals surface area contributed by atoms with Crippen LogP contribution >= 0.6 is 11.6 Å². The fourth-order valence-electron chi connectivity index (χ4n) is 1.90. The molecule has 0 aliphatic rings. The molecule has 2 aromatic rings. The normalized spacial score (nSPS) is 12.8. The van der Waals surface area contributed by atoms with Gasteiger partial charge in [0, 0.05) is 0 Å². The second-order valence-corrected chi connectivity index (χ2v) is 5.45. The van der Waals surface area contributed by atoms with Crippen molar-refractivity contribution in [3.05, 3.63) is 66.2 Å². The summed E-state index contributed by atoms with van der Waals surface area (Å²) in [6, 6.07) is 11.0. The zero-order chi connectivity index (χ0) is 18.4. The van der Waals surface area contributed by atoms with Gasteiger partial charge >= 0.3 is 6.18 Å². The largest absolute Gasteiger partial charge is 0.487 e. The summed E-state index contributed by atoms with van der Waals surface area (Å²) in [6.45, 7) is 1.74. The topological polar surface area (TPSA) is 35.5 Å². The molecule has 1 atom stereocenters. The Morgan fingerprint density at radius 1 is 1.00 bits per heavy atom. The quantitative estimate of drug-likeness (QED) is 0.491. The summed E-state index contributed by atoms with van der Waals surface area (Å²) in [7, 11) is 0. The van der Waals surface area contributed by atoms with E-state index in [9.17, 15) is 18.0 Å². The molecule has 0 saturated carbocycles. The van der Waals surface area contributed by atoms with Gasteiger partial charge in [0.25, 0.3) is 0 Å². The van der Waals surface area contributed by atoms with Gasteiger partial charge in [-0.25, -0.2) is 0 Å². The Morgan fingerprint density at radius 2 is 1.48 bits per heavy atom. The summed E-state index contributed by atoms with van der Waals surface area (Å²) >= 11 is 5.20. The van der Waals surface area contributed by atoms with E-state index in [0.29, 0.717) is 17.2 Å². The minimum Gasteiger partial charge on any atom is -0.487 e. The molecule has 0 spiro atoms. The maximum absolute atomic E-state index is 12.5. The molecule has 132 valence electrons. The fourth-order valence-corrected chi connectivity index (χ4v) is 1.97. The van der Waals surface area contributed by atoms with Crippen LogP contribution < -0.4 is 9.47 Å². The molecule has 1 unspecified atom stereocenters. The maximum Gasteiger partial charge on any atom is 0.416 e. The summed E-state index contributed by atoms with van der Waals surface area (Å²) in [5, 5.41) is -0.587. The first kappa shape index (κ1) is 18.9. The molecule has 0 aromatic heterocycles. The van der Waals surface area contributed by atoms with Gasteiger partial charge in [-0.3, -0.25) is 4.79 Å². The van der Waals surface area contributed by atoms with E-state index >= 15 is 0 Å². The van der Waals surface area contributed by atoms with Crippen molar-refractivity contribution in [3.63, 3.8) is 0 Å². The lowest BCUT2D eigenvalue weighted by Gasteiger charge is -2.12. The van der Waals surface area contributed by atoms with Gasteiger partial charge in [0.2, 0.25) is 5.24 Å². The molecule has 0 amide bonds. The number of allylic oxidation sites excluding steroid dienone is 1. The van der Waals surface area contributed by atoms with E-state index in [4.69, 9.17) is 21.1 Å². The van der Waals surface area contributed by atoms with Gasteiger partial charge in [-0.05, 0) is 79.2 Å². The van der Waals surface area contributed by atoms with Crippen LogP contribution in [0.3, 0.4) is 0 Å². The molecular weight excluding hydrogens is 357 g/mol. The highest BCUT2D eigenvalue weighted by Crippen LogP contribution is 2.31. The fraction of sp³-hybridized carbons (Fsp3) is 0.167. The highest BCUT2D eigenvalue weighted by atomic mass is 35.5. The van der Waals surface area contributed by atoms with Crippen LogP contribution in [-0.2, 0) is 11.0 Å². The van der Waals surface area contributed by atoms with Crippen molar-refractivity contribution < 1.29 is 27.4 Å². The Hall–Kier alpha value is -2.47. The maximum atomic E-state index is 12.5. The third-order valence-corrected chi connectivity index (χ3v) is 3.19. The Kier molecular flexibility index (Phi) is 6.09. The molecule has 0 fully saturated rings. The third-order valence-electron chi connectivity index (χ3n) is 3.06. The number of ether oxygens (including phenoxy) is 2. The average Bonchev–Trinajstić information content (AvgIpc) is 2.54. The van der Waals surface area contributed by atoms with Crippen LogP contribution in [0.5, 0.6) is 17.2 Å². The number of hydrogen-bond donors (Lipinski definition) is 0. The van der Waals surface area contributed by atoms with E-state index < -0.39 is 17.0 Å². The number of carbonyl (C=O) groups excluding carboxylic acids is 1. The molecule has 0 bridgehead atoms. The minimum atomic E-state index is -4.38. The first-order valence-electron chi connectivity index (χ1n) is 7.23. The number of benzene rings is 2. The number of carbonyl (C=O) groups is 1. The van der Waals surface area contributed by atoms with Crippen LogP contribution in [-0.4, -0.2) is 11.3 Å². The highest BCUT2D eigenvalue weighted by Gasteiger charge is 2.30. The van der Waals surface area contributed by atoms with Crippen molar-refractivity contribution in [3.8, 4) is 17.2 Å². The van der Waals surface area contributed by atoms with E-state index in [0.717, 1.165) is 12.1 Å². The van der Waals surface area contributed by atoms with E-state index in [2.05, 4.69) is 0 Å². The predicted octanol–water partition coefficient (Wildman–Crippen LogP) is 5.59. The molecule has 3 nitrogen and oxygen atoms in total. The molecule has 0 heterocycles. The minimum absolute atomic E-state index is 0.290. The zero-order valence-electron chi connectivity index (χ0n) is 13.1. The molecule has 0 aliphatic heterocycles. The van der Waals surface area contributed by atoms with Gasteiger partial charge in [-0.15, -0.1) is 0 Å². The summed E-state index contributed by atoms with van der Waals surface area (Å²) in [5.41, 5.74) is -0.735. The highest BCUT2D eigenvalue weighted by molar-refractivity contribution is 6.66. The van der Waals surface area contributed by atoms with Crippen molar-refractivity contribution in [2.75, 3.05) is 0 Å². The summed E-state index contributed by atoms with van der Waals surface area (Å²) in [4.78, 5) is 10.6. The van der Waals surface area contributed by atoms with Crippen molar-refractivity contribution in [2.45, 2.75) is 19.2 Å². The molecule has 0 aliphatic carbocycles. The summed E-state index contributed by atoms with van der Waals surface area (Å²) in [5.74, 6) is 1.28. The Labute approximate surface area is 147 Å². The van der Waals surface area contributed by atoms with Crippen molar-refractivity contribution in [1.29, 1.82) is 0 Å². The second-order valence-electron chi connectivity index (χ2n) is 5.08. The first-order valence-corrected chi connectivity index (χ1v) is 7.61. The van der Waals surface area contributed by atoms with Crippen molar-refractivity contribution in [1.82, 2.24) is 0 Å². The molecule has 0 N–H and O–H groups in total. The number of alkyl halides is 3. The lowest BCUT2D eigenvalue weighted by molar-refractivity contribution is -0.137. The van der Waals surface area contributed by atoms with Crippen LogP contribution in [0, 0.1) is 0 Å². The zero-order valence-corrected chi connectivity index (χ0v) is 13.8. The molecule has 25 heavy (non-hydrogen) atoms. The lowest BCUT2D eigenvalue weighted by atomic mass is 10.2. The van der Waals surface area contributed by atoms with Crippen molar-refractivity contribution >= 4 is 16.8 Å². The van der Waals surface area contributed by atoms with E-state index in [1.54, 1.807) is 31.2 Å². The van der Waals surface area contributed by atoms with E-state index in [-0.39, 0.29) is 6.10 Å². The summed E-state index contributed by atoms with van der Waals surface area (Å²) in [6.07, 6.45) is -2.02. The SMILES string of the molecule is CC(C=CC(=O)Cl)Oc1ccc(Oc2ccc(C(F)(F)F)cc2)cc1. The predicted molar refractivity (Wildman–Crippen MR) is 88.1 cm³/mol. The van der Waals surface area contributed by atoms with Crippen LogP contribution in [0.15, 0.2) is 60.7 Å². The standard InChI is InChI=1S/C18H14ClF3O3/c1-12(2-11-17(19)23)24-14-7-9-16(10-8-14)25-15-5-3-13(4-6-15)18(20,21)22/h2-12H,1H3. The van der Waals surface area contributed by atoms with Gasteiger partial charge < -0.3 is 9.47 Å². The molecule has 0 radical (unpaired) electrons.